The molecule has 0 saturated carbocycles. The largest absolute Gasteiger partial charge is 0.350 e. The first-order chi connectivity index (χ1) is 13.4. The summed E-state index contributed by atoms with van der Waals surface area (Å²) in [6.45, 7) is 4.64. The standard InChI is InChI=1S/C20H25FN4O3/c1-3-5-12-25-19(27)11-10-17(23-25)20(28)24(4-2)14-18(26)22-13-15-6-8-16(21)9-7-15/h6-11H,3-5,12-14H2,1-2H3,(H,22,26). The molecular weight excluding hydrogens is 363 g/mol. The molecule has 0 unspecified atom stereocenters. The van der Waals surface area contributed by atoms with Gasteiger partial charge in [0, 0.05) is 25.7 Å². The number of carbonyl (C=O) groups is 2. The number of aryl methyl sites for hydroxylation is 1. The molecular formula is C20H25FN4O3. The van der Waals surface area contributed by atoms with Crippen molar-refractivity contribution in [3.8, 4) is 0 Å². The van der Waals surface area contributed by atoms with E-state index in [2.05, 4.69) is 10.4 Å². The van der Waals surface area contributed by atoms with Crippen LogP contribution in [0.3, 0.4) is 0 Å². The molecule has 0 spiro atoms. The molecule has 0 bridgehead atoms. The molecule has 0 saturated heterocycles. The van der Waals surface area contributed by atoms with Gasteiger partial charge >= 0.3 is 0 Å². The fraction of sp³-hybridized carbons (Fsp3) is 0.400. The van der Waals surface area contributed by atoms with Gasteiger partial charge in [0.1, 0.15) is 11.5 Å². The van der Waals surface area contributed by atoms with Crippen LogP contribution < -0.4 is 10.9 Å². The number of hydrogen-bond acceptors (Lipinski definition) is 4. The van der Waals surface area contributed by atoms with Gasteiger partial charge in [0.2, 0.25) is 5.91 Å². The molecule has 1 N–H and O–H groups in total. The van der Waals surface area contributed by atoms with Gasteiger partial charge in [-0.1, -0.05) is 25.5 Å². The lowest BCUT2D eigenvalue weighted by Gasteiger charge is -2.20. The van der Waals surface area contributed by atoms with Crippen LogP contribution in [-0.2, 0) is 17.9 Å². The highest BCUT2D eigenvalue weighted by molar-refractivity contribution is 5.94. The van der Waals surface area contributed by atoms with E-state index >= 15 is 0 Å². The van der Waals surface area contributed by atoms with Crippen LogP contribution in [0.2, 0.25) is 0 Å². The topological polar surface area (TPSA) is 84.3 Å². The number of amides is 2. The number of halogens is 1. The number of likely N-dealkylation sites (N-methyl/N-ethyl adjacent to an activating group) is 1. The van der Waals surface area contributed by atoms with Gasteiger partial charge in [-0.25, -0.2) is 9.07 Å². The van der Waals surface area contributed by atoms with Crippen LogP contribution in [0.5, 0.6) is 0 Å². The van der Waals surface area contributed by atoms with Crippen LogP contribution in [0.4, 0.5) is 4.39 Å². The fourth-order valence-corrected chi connectivity index (χ4v) is 2.55. The van der Waals surface area contributed by atoms with Gasteiger partial charge in [0.05, 0.1) is 6.54 Å². The number of nitrogens with one attached hydrogen (secondary N) is 1. The summed E-state index contributed by atoms with van der Waals surface area (Å²) < 4.78 is 14.2. The highest BCUT2D eigenvalue weighted by atomic mass is 19.1. The number of nitrogens with zero attached hydrogens (tertiary/aromatic N) is 3. The second kappa shape index (κ2) is 10.3. The molecule has 1 aromatic carbocycles. The monoisotopic (exact) mass is 388 g/mol. The number of carbonyl (C=O) groups excluding carboxylic acids is 2. The van der Waals surface area contributed by atoms with E-state index in [0.29, 0.717) is 13.1 Å². The van der Waals surface area contributed by atoms with Crippen LogP contribution >= 0.6 is 0 Å². The first kappa shape index (κ1) is 21.3. The van der Waals surface area contributed by atoms with Crippen molar-refractivity contribution < 1.29 is 14.0 Å². The van der Waals surface area contributed by atoms with E-state index in [1.807, 2.05) is 6.92 Å². The van der Waals surface area contributed by atoms with E-state index < -0.39 is 5.91 Å². The maximum atomic E-state index is 12.9. The zero-order valence-electron chi connectivity index (χ0n) is 16.2. The second-order valence-corrected chi connectivity index (χ2v) is 6.36. The van der Waals surface area contributed by atoms with Gasteiger partial charge in [-0.3, -0.25) is 14.4 Å². The molecule has 0 radical (unpaired) electrons. The first-order valence-corrected chi connectivity index (χ1v) is 9.33. The maximum Gasteiger partial charge on any atom is 0.274 e. The van der Waals surface area contributed by atoms with Crippen molar-refractivity contribution in [2.75, 3.05) is 13.1 Å². The minimum atomic E-state index is -0.412. The highest BCUT2D eigenvalue weighted by Gasteiger charge is 2.19. The Morgan fingerprint density at radius 2 is 1.86 bits per heavy atom. The quantitative estimate of drug-likeness (QED) is 0.712. The lowest BCUT2D eigenvalue weighted by Crippen LogP contribution is -2.41. The Morgan fingerprint density at radius 1 is 1.14 bits per heavy atom. The van der Waals surface area contributed by atoms with Crippen molar-refractivity contribution in [1.82, 2.24) is 20.0 Å². The van der Waals surface area contributed by atoms with Crippen LogP contribution in [-0.4, -0.2) is 39.6 Å². The van der Waals surface area contributed by atoms with E-state index in [9.17, 15) is 18.8 Å². The molecule has 1 aromatic heterocycles. The van der Waals surface area contributed by atoms with Gasteiger partial charge in [0.15, 0.2) is 0 Å². The maximum absolute atomic E-state index is 12.9. The van der Waals surface area contributed by atoms with Crippen molar-refractivity contribution in [1.29, 1.82) is 0 Å². The van der Waals surface area contributed by atoms with E-state index in [4.69, 9.17) is 0 Å². The SMILES string of the molecule is CCCCn1nc(C(=O)N(CC)CC(=O)NCc2ccc(F)cc2)ccc1=O. The summed E-state index contributed by atoms with van der Waals surface area (Å²) >= 11 is 0. The fourth-order valence-electron chi connectivity index (χ4n) is 2.55. The van der Waals surface area contributed by atoms with Crippen molar-refractivity contribution in [3.05, 3.63) is 63.8 Å². The molecule has 0 fully saturated rings. The van der Waals surface area contributed by atoms with Gasteiger partial charge < -0.3 is 10.2 Å². The molecule has 0 aliphatic rings. The Balaban J connectivity index is 1.99. The molecule has 28 heavy (non-hydrogen) atoms. The summed E-state index contributed by atoms with van der Waals surface area (Å²) in [6, 6.07) is 8.51. The zero-order valence-corrected chi connectivity index (χ0v) is 16.2. The minimum Gasteiger partial charge on any atom is -0.350 e. The molecule has 2 aromatic rings. The Morgan fingerprint density at radius 3 is 2.50 bits per heavy atom. The van der Waals surface area contributed by atoms with Gasteiger partial charge in [-0.05, 0) is 37.1 Å². The van der Waals surface area contributed by atoms with Gasteiger partial charge in [0.25, 0.3) is 11.5 Å². The third-order valence-corrected chi connectivity index (χ3v) is 4.22. The van der Waals surface area contributed by atoms with Crippen molar-refractivity contribution in [3.63, 3.8) is 0 Å². The molecule has 0 aliphatic heterocycles. The Hall–Kier alpha value is -3.03. The number of hydrogen-bond donors (Lipinski definition) is 1. The van der Waals surface area contributed by atoms with Crippen LogP contribution in [0, 0.1) is 5.82 Å². The molecule has 0 atom stereocenters. The highest BCUT2D eigenvalue weighted by Crippen LogP contribution is 2.03. The molecule has 0 aliphatic carbocycles. The second-order valence-electron chi connectivity index (χ2n) is 6.36. The lowest BCUT2D eigenvalue weighted by molar-refractivity contribution is -0.121. The van der Waals surface area contributed by atoms with Gasteiger partial charge in [-0.2, -0.15) is 5.10 Å². The number of rotatable bonds is 9. The molecule has 1 heterocycles. The summed E-state index contributed by atoms with van der Waals surface area (Å²) in [6.07, 6.45) is 1.69. The lowest BCUT2D eigenvalue weighted by atomic mass is 10.2. The van der Waals surface area contributed by atoms with Crippen LogP contribution in [0.25, 0.3) is 0 Å². The Bertz CT molecular complexity index is 864. The van der Waals surface area contributed by atoms with E-state index in [-0.39, 0.29) is 36.1 Å². The number of aromatic nitrogens is 2. The summed E-state index contributed by atoms with van der Waals surface area (Å²) in [5.74, 6) is -1.09. The predicted molar refractivity (Wildman–Crippen MR) is 103 cm³/mol. The molecule has 2 amide bonds. The van der Waals surface area contributed by atoms with E-state index in [1.54, 1.807) is 19.1 Å². The Labute approximate surface area is 163 Å². The van der Waals surface area contributed by atoms with Crippen LogP contribution in [0.15, 0.2) is 41.2 Å². The molecule has 150 valence electrons. The normalized spacial score (nSPS) is 10.5. The van der Waals surface area contributed by atoms with Crippen LogP contribution in [0.1, 0.15) is 42.7 Å². The Kier molecular flexibility index (Phi) is 7.86. The number of benzene rings is 1. The smallest absolute Gasteiger partial charge is 0.274 e. The average Bonchev–Trinajstić information content (AvgIpc) is 2.70. The minimum absolute atomic E-state index is 0.129. The van der Waals surface area contributed by atoms with E-state index in [0.717, 1.165) is 18.4 Å². The summed E-state index contributed by atoms with van der Waals surface area (Å²) in [7, 11) is 0. The average molecular weight is 388 g/mol. The predicted octanol–water partition coefficient (Wildman–Crippen LogP) is 1.96. The summed E-state index contributed by atoms with van der Waals surface area (Å²) in [4.78, 5) is 38.1. The van der Waals surface area contributed by atoms with Gasteiger partial charge in [-0.15, -0.1) is 0 Å². The third kappa shape index (κ3) is 6.00. The molecule has 2 rings (SSSR count). The zero-order chi connectivity index (χ0) is 20.5. The number of unbranched alkanes of at least 4 members (excludes halogenated alkanes) is 1. The van der Waals surface area contributed by atoms with Crippen molar-refractivity contribution in [2.45, 2.75) is 39.8 Å². The first-order valence-electron chi connectivity index (χ1n) is 9.33. The molecule has 7 nitrogen and oxygen atoms in total. The summed E-state index contributed by atoms with van der Waals surface area (Å²) in [5, 5.41) is 6.84. The van der Waals surface area contributed by atoms with Crippen molar-refractivity contribution in [2.24, 2.45) is 0 Å². The summed E-state index contributed by atoms with van der Waals surface area (Å²) in [5.41, 5.74) is 0.628. The third-order valence-electron chi connectivity index (χ3n) is 4.22. The van der Waals surface area contributed by atoms with E-state index in [1.165, 1.54) is 33.8 Å². The molecule has 8 heteroatoms. The van der Waals surface area contributed by atoms with Crippen molar-refractivity contribution >= 4 is 11.8 Å².